The quantitative estimate of drug-likeness (QED) is 0.553. The minimum Gasteiger partial charge on any atom is -0.474 e. The zero-order valence-electron chi connectivity index (χ0n) is 15.1. The highest BCUT2D eigenvalue weighted by molar-refractivity contribution is 5.24. The standard InChI is InChI=1S/C21H35N/c1-13-10-15-12-20(2,3)11-14-6-7-17-19(18(14)15)16(13)8-9-21(17,4)22-5/h6,13,15-19H,5,7-12,22H2,1-4H3/t13-,15-,16+,17-,18-,19+,21-/m0/s1. The molecule has 0 amide bonds. The SMILES string of the molecule is [CH2-][NH2+][C@@]1(C)CC[C@H]2[C@H]3[C@H]4C(=CC[C@@H]31)CC(C)(C)C[C@@H]4C[C@@H]2C. The molecule has 0 saturated heterocycles. The van der Waals surface area contributed by atoms with Crippen LogP contribution in [-0.4, -0.2) is 5.54 Å². The van der Waals surface area contributed by atoms with Crippen LogP contribution in [0.1, 0.15) is 66.2 Å². The summed E-state index contributed by atoms with van der Waals surface area (Å²) in [6, 6.07) is 0. The molecule has 124 valence electrons. The van der Waals surface area contributed by atoms with Crippen LogP contribution in [0, 0.1) is 48.0 Å². The highest BCUT2D eigenvalue weighted by atomic mass is 15.0. The van der Waals surface area contributed by atoms with Gasteiger partial charge in [0.05, 0.1) is 5.54 Å². The average molecular weight is 302 g/mol. The van der Waals surface area contributed by atoms with Gasteiger partial charge in [0.2, 0.25) is 0 Å². The summed E-state index contributed by atoms with van der Waals surface area (Å²) in [5.41, 5.74) is 2.77. The summed E-state index contributed by atoms with van der Waals surface area (Å²) in [6.07, 6.45) is 11.1. The first kappa shape index (κ1) is 15.2. The van der Waals surface area contributed by atoms with Gasteiger partial charge in [-0.15, -0.1) is 0 Å². The minimum atomic E-state index is 0.387. The Morgan fingerprint density at radius 2 is 2.05 bits per heavy atom. The van der Waals surface area contributed by atoms with E-state index in [1.807, 2.05) is 5.57 Å². The summed E-state index contributed by atoms with van der Waals surface area (Å²) in [7, 11) is 4.23. The highest BCUT2D eigenvalue weighted by Crippen LogP contribution is 2.63. The lowest BCUT2D eigenvalue weighted by atomic mass is 9.44. The Morgan fingerprint density at radius 1 is 1.27 bits per heavy atom. The average Bonchev–Trinajstić information content (AvgIpc) is 2.45. The van der Waals surface area contributed by atoms with Gasteiger partial charge < -0.3 is 5.32 Å². The molecule has 0 aliphatic heterocycles. The second-order valence-corrected chi connectivity index (χ2v) is 10.2. The van der Waals surface area contributed by atoms with Crippen molar-refractivity contribution in [2.45, 2.75) is 71.8 Å². The smallest absolute Gasteiger partial charge is 0.0729 e. The third kappa shape index (κ3) is 2.07. The van der Waals surface area contributed by atoms with Crippen LogP contribution < -0.4 is 5.32 Å². The number of rotatable bonds is 1. The maximum atomic E-state index is 4.23. The van der Waals surface area contributed by atoms with Crippen LogP contribution >= 0.6 is 0 Å². The van der Waals surface area contributed by atoms with E-state index in [2.05, 4.69) is 46.1 Å². The highest BCUT2D eigenvalue weighted by Gasteiger charge is 2.58. The summed E-state index contributed by atoms with van der Waals surface area (Å²) in [6.45, 7) is 10.1. The van der Waals surface area contributed by atoms with E-state index in [0.29, 0.717) is 11.0 Å². The van der Waals surface area contributed by atoms with Crippen LogP contribution in [0.5, 0.6) is 0 Å². The molecule has 0 aromatic carbocycles. The maximum Gasteiger partial charge on any atom is 0.0729 e. The Hall–Kier alpha value is -0.300. The van der Waals surface area contributed by atoms with Crippen molar-refractivity contribution in [2.75, 3.05) is 0 Å². The second kappa shape index (κ2) is 4.85. The first-order chi connectivity index (χ1) is 10.3. The van der Waals surface area contributed by atoms with E-state index in [4.69, 9.17) is 0 Å². The predicted octanol–water partition coefficient (Wildman–Crippen LogP) is 4.16. The molecular formula is C21H35N. The first-order valence-electron chi connectivity index (χ1n) is 9.67. The third-order valence-electron chi connectivity index (χ3n) is 8.18. The molecule has 7 atom stereocenters. The molecule has 0 spiro atoms. The number of nitrogens with two attached hydrogens (primary N) is 1. The number of allylic oxidation sites excluding steroid dienone is 2. The summed E-state index contributed by atoms with van der Waals surface area (Å²) in [5.74, 6) is 5.64. The van der Waals surface area contributed by atoms with E-state index in [-0.39, 0.29) is 0 Å². The Labute approximate surface area is 137 Å². The molecule has 4 aliphatic carbocycles. The topological polar surface area (TPSA) is 16.6 Å². The van der Waals surface area contributed by atoms with Crippen molar-refractivity contribution in [3.8, 4) is 0 Å². The van der Waals surface area contributed by atoms with E-state index < -0.39 is 0 Å². The summed E-state index contributed by atoms with van der Waals surface area (Å²) in [5, 5.41) is 2.31. The van der Waals surface area contributed by atoms with E-state index in [1.54, 1.807) is 0 Å². The van der Waals surface area contributed by atoms with Crippen LogP contribution in [0.25, 0.3) is 0 Å². The van der Waals surface area contributed by atoms with Gasteiger partial charge in [0.25, 0.3) is 0 Å². The van der Waals surface area contributed by atoms with Crippen molar-refractivity contribution in [2.24, 2.45) is 40.9 Å². The molecule has 1 heteroatoms. The molecular weight excluding hydrogens is 266 g/mol. The van der Waals surface area contributed by atoms with Crippen LogP contribution in [-0.2, 0) is 0 Å². The molecule has 3 saturated carbocycles. The van der Waals surface area contributed by atoms with Crippen molar-refractivity contribution in [3.63, 3.8) is 0 Å². The Morgan fingerprint density at radius 3 is 2.77 bits per heavy atom. The second-order valence-electron chi connectivity index (χ2n) is 10.2. The number of quaternary nitrogens is 1. The van der Waals surface area contributed by atoms with Crippen LogP contribution in [0.4, 0.5) is 0 Å². The van der Waals surface area contributed by atoms with Crippen LogP contribution in [0.2, 0.25) is 0 Å². The van der Waals surface area contributed by atoms with E-state index in [0.717, 1.165) is 35.5 Å². The van der Waals surface area contributed by atoms with Crippen LogP contribution in [0.15, 0.2) is 11.6 Å². The van der Waals surface area contributed by atoms with Gasteiger partial charge in [-0.05, 0) is 74.0 Å². The van der Waals surface area contributed by atoms with Crippen molar-refractivity contribution in [1.29, 1.82) is 0 Å². The van der Waals surface area contributed by atoms with E-state index in [9.17, 15) is 0 Å². The van der Waals surface area contributed by atoms with Crippen molar-refractivity contribution in [3.05, 3.63) is 18.7 Å². The molecule has 4 rings (SSSR count). The summed E-state index contributed by atoms with van der Waals surface area (Å²) in [4.78, 5) is 0. The van der Waals surface area contributed by atoms with Gasteiger partial charge in [0, 0.05) is 12.3 Å². The Balaban J connectivity index is 1.76. The first-order valence-corrected chi connectivity index (χ1v) is 9.67. The van der Waals surface area contributed by atoms with Crippen LogP contribution in [0.3, 0.4) is 0 Å². The molecule has 0 bridgehead atoms. The van der Waals surface area contributed by atoms with Gasteiger partial charge in [-0.1, -0.05) is 32.4 Å². The fraction of sp³-hybridized carbons (Fsp3) is 0.857. The van der Waals surface area contributed by atoms with Gasteiger partial charge in [-0.3, -0.25) is 0 Å². The molecule has 0 radical (unpaired) electrons. The normalized spacial score (nSPS) is 52.7. The number of hydrogen-bond donors (Lipinski definition) is 1. The zero-order valence-corrected chi connectivity index (χ0v) is 15.1. The Bertz CT molecular complexity index is 490. The van der Waals surface area contributed by atoms with Gasteiger partial charge >= 0.3 is 0 Å². The molecule has 0 heterocycles. The van der Waals surface area contributed by atoms with Crippen molar-refractivity contribution in [1.82, 2.24) is 0 Å². The molecule has 0 aromatic heterocycles. The molecule has 2 N–H and O–H groups in total. The summed E-state index contributed by atoms with van der Waals surface area (Å²) < 4.78 is 0. The monoisotopic (exact) mass is 301 g/mol. The minimum absolute atomic E-state index is 0.387. The van der Waals surface area contributed by atoms with Gasteiger partial charge in [0.15, 0.2) is 0 Å². The van der Waals surface area contributed by atoms with E-state index >= 15 is 0 Å². The van der Waals surface area contributed by atoms with Gasteiger partial charge in [0.1, 0.15) is 0 Å². The molecule has 3 fully saturated rings. The lowest BCUT2D eigenvalue weighted by Crippen LogP contribution is -2.94. The lowest BCUT2D eigenvalue weighted by Gasteiger charge is -2.62. The molecule has 22 heavy (non-hydrogen) atoms. The fourth-order valence-electron chi connectivity index (χ4n) is 7.27. The largest absolute Gasteiger partial charge is 0.474 e. The molecule has 1 nitrogen and oxygen atoms in total. The predicted molar refractivity (Wildman–Crippen MR) is 91.9 cm³/mol. The van der Waals surface area contributed by atoms with E-state index in [1.165, 1.54) is 38.5 Å². The molecule has 0 aromatic rings. The number of hydrogen-bond acceptors (Lipinski definition) is 0. The molecule has 4 aliphatic rings. The van der Waals surface area contributed by atoms with Gasteiger partial charge in [-0.2, -0.15) is 7.05 Å². The maximum absolute atomic E-state index is 4.23. The van der Waals surface area contributed by atoms with Gasteiger partial charge in [-0.25, -0.2) is 0 Å². The lowest BCUT2D eigenvalue weighted by molar-refractivity contribution is -0.687. The summed E-state index contributed by atoms with van der Waals surface area (Å²) >= 11 is 0. The van der Waals surface area contributed by atoms with Crippen molar-refractivity contribution < 1.29 is 5.32 Å². The Kier molecular flexibility index (Phi) is 3.36. The third-order valence-corrected chi connectivity index (χ3v) is 8.18. The molecule has 0 unspecified atom stereocenters. The van der Waals surface area contributed by atoms with Crippen molar-refractivity contribution >= 4 is 0 Å². The zero-order chi connectivity index (χ0) is 15.7. The fourth-order valence-corrected chi connectivity index (χ4v) is 7.27.